The van der Waals surface area contributed by atoms with E-state index in [0.717, 1.165) is 18.1 Å². The molecule has 0 amide bonds. The number of hydrogen-bond donors (Lipinski definition) is 1. The first-order chi connectivity index (χ1) is 7.63. The molecule has 0 bridgehead atoms. The van der Waals surface area contributed by atoms with Crippen LogP contribution in [0.3, 0.4) is 0 Å². The van der Waals surface area contributed by atoms with Crippen molar-refractivity contribution in [2.75, 3.05) is 25.0 Å². The summed E-state index contributed by atoms with van der Waals surface area (Å²) in [6, 6.07) is 8.12. The Balaban J connectivity index is 2.12. The van der Waals surface area contributed by atoms with Gasteiger partial charge in [-0.05, 0) is 51.1 Å². The van der Waals surface area contributed by atoms with Gasteiger partial charge in [-0.1, -0.05) is 11.6 Å². The molecule has 1 aromatic carbocycles. The molecule has 1 heterocycles. The van der Waals surface area contributed by atoms with Gasteiger partial charge in [-0.3, -0.25) is 0 Å². The number of nitrogens with zero attached hydrogens (tertiary/aromatic N) is 1. The highest BCUT2D eigenvalue weighted by atomic mass is 35.5. The first-order valence-electron chi connectivity index (χ1n) is 5.82. The van der Waals surface area contributed by atoms with Crippen LogP contribution >= 0.6 is 11.6 Å². The molecule has 16 heavy (non-hydrogen) atoms. The van der Waals surface area contributed by atoms with E-state index in [1.165, 1.54) is 18.5 Å². The summed E-state index contributed by atoms with van der Waals surface area (Å²) in [5.41, 5.74) is 1.50. The topological polar surface area (TPSA) is 15.3 Å². The summed E-state index contributed by atoms with van der Waals surface area (Å²) in [7, 11) is 2.05. The molecule has 2 nitrogen and oxygen atoms in total. The lowest BCUT2D eigenvalue weighted by Gasteiger charge is -2.41. The average molecular weight is 239 g/mol. The van der Waals surface area contributed by atoms with E-state index in [1.54, 1.807) is 0 Å². The summed E-state index contributed by atoms with van der Waals surface area (Å²) >= 11 is 5.90. The van der Waals surface area contributed by atoms with Gasteiger partial charge in [0.15, 0.2) is 0 Å². The van der Waals surface area contributed by atoms with Crippen molar-refractivity contribution < 1.29 is 0 Å². The van der Waals surface area contributed by atoms with Crippen LogP contribution < -0.4 is 10.2 Å². The molecular formula is C13H19ClN2. The molecule has 0 saturated carbocycles. The maximum atomic E-state index is 5.90. The molecule has 0 radical (unpaired) electrons. The lowest BCUT2D eigenvalue weighted by atomic mass is 9.91. The molecule has 88 valence electrons. The zero-order chi connectivity index (χ0) is 11.6. The van der Waals surface area contributed by atoms with Crippen LogP contribution in [-0.2, 0) is 0 Å². The Labute approximate surface area is 103 Å². The third-order valence-electron chi connectivity index (χ3n) is 3.49. The smallest absolute Gasteiger partial charge is 0.0407 e. The minimum absolute atomic E-state index is 0.234. The van der Waals surface area contributed by atoms with Gasteiger partial charge >= 0.3 is 0 Å². The summed E-state index contributed by atoms with van der Waals surface area (Å²) in [5, 5.41) is 4.23. The summed E-state index contributed by atoms with van der Waals surface area (Å²) in [6.07, 6.45) is 2.48. The van der Waals surface area contributed by atoms with Gasteiger partial charge < -0.3 is 10.2 Å². The standard InChI is InChI=1S/C13H19ClN2/c1-13(15-2)8-3-9-16(10-13)12-6-4-11(14)5-7-12/h4-7,15H,3,8-10H2,1-2H3. The number of likely N-dealkylation sites (N-methyl/N-ethyl adjacent to an activating group) is 1. The fraction of sp³-hybridized carbons (Fsp3) is 0.538. The van der Waals surface area contributed by atoms with Crippen LogP contribution in [0.25, 0.3) is 0 Å². The predicted molar refractivity (Wildman–Crippen MR) is 70.4 cm³/mol. The van der Waals surface area contributed by atoms with Crippen molar-refractivity contribution >= 4 is 17.3 Å². The molecule has 0 aliphatic carbocycles. The summed E-state index contributed by atoms with van der Waals surface area (Å²) in [5.74, 6) is 0. The molecule has 1 aromatic rings. The molecule has 1 aliphatic rings. The third kappa shape index (κ3) is 2.50. The molecule has 0 aromatic heterocycles. The van der Waals surface area contributed by atoms with Crippen LogP contribution in [-0.4, -0.2) is 25.7 Å². The van der Waals surface area contributed by atoms with E-state index >= 15 is 0 Å². The van der Waals surface area contributed by atoms with E-state index in [-0.39, 0.29) is 5.54 Å². The van der Waals surface area contributed by atoms with E-state index in [9.17, 15) is 0 Å². The lowest BCUT2D eigenvalue weighted by molar-refractivity contribution is 0.316. The van der Waals surface area contributed by atoms with Gasteiger partial charge in [-0.2, -0.15) is 0 Å². The van der Waals surface area contributed by atoms with E-state index in [0.29, 0.717) is 0 Å². The number of piperidine rings is 1. The Hall–Kier alpha value is -0.730. The third-order valence-corrected chi connectivity index (χ3v) is 3.74. The van der Waals surface area contributed by atoms with Crippen molar-refractivity contribution in [1.29, 1.82) is 0 Å². The summed E-state index contributed by atoms with van der Waals surface area (Å²) in [4.78, 5) is 2.43. The van der Waals surface area contributed by atoms with Crippen LogP contribution in [0.2, 0.25) is 5.02 Å². The highest BCUT2D eigenvalue weighted by Gasteiger charge is 2.29. The number of nitrogens with one attached hydrogen (secondary N) is 1. The second-order valence-electron chi connectivity index (χ2n) is 4.81. The molecule has 1 unspecified atom stereocenters. The van der Waals surface area contributed by atoms with Gasteiger partial charge in [-0.25, -0.2) is 0 Å². The van der Waals surface area contributed by atoms with Crippen molar-refractivity contribution in [2.45, 2.75) is 25.3 Å². The van der Waals surface area contributed by atoms with E-state index < -0.39 is 0 Å². The van der Waals surface area contributed by atoms with E-state index in [1.807, 2.05) is 19.2 Å². The van der Waals surface area contributed by atoms with Gasteiger partial charge in [0.1, 0.15) is 0 Å². The van der Waals surface area contributed by atoms with Crippen molar-refractivity contribution in [3.05, 3.63) is 29.3 Å². The van der Waals surface area contributed by atoms with Gasteiger partial charge in [0.2, 0.25) is 0 Å². The van der Waals surface area contributed by atoms with Crippen molar-refractivity contribution in [3.63, 3.8) is 0 Å². The van der Waals surface area contributed by atoms with E-state index in [2.05, 4.69) is 29.3 Å². The Bertz CT molecular complexity index is 349. The van der Waals surface area contributed by atoms with Gasteiger partial charge in [0.25, 0.3) is 0 Å². The zero-order valence-electron chi connectivity index (χ0n) is 9.96. The van der Waals surface area contributed by atoms with Crippen LogP contribution in [0.1, 0.15) is 19.8 Å². The van der Waals surface area contributed by atoms with Crippen LogP contribution in [0.4, 0.5) is 5.69 Å². The number of hydrogen-bond acceptors (Lipinski definition) is 2. The number of benzene rings is 1. The Morgan fingerprint density at radius 1 is 1.31 bits per heavy atom. The number of halogens is 1. The first-order valence-corrected chi connectivity index (χ1v) is 6.20. The van der Waals surface area contributed by atoms with Crippen molar-refractivity contribution in [3.8, 4) is 0 Å². The van der Waals surface area contributed by atoms with Crippen LogP contribution in [0.5, 0.6) is 0 Å². The maximum absolute atomic E-state index is 5.90. The molecule has 0 spiro atoms. The van der Waals surface area contributed by atoms with Crippen LogP contribution in [0.15, 0.2) is 24.3 Å². The second-order valence-corrected chi connectivity index (χ2v) is 5.25. The summed E-state index contributed by atoms with van der Waals surface area (Å²) < 4.78 is 0. The highest BCUT2D eigenvalue weighted by Crippen LogP contribution is 2.26. The minimum atomic E-state index is 0.234. The van der Waals surface area contributed by atoms with Gasteiger partial charge in [-0.15, -0.1) is 0 Å². The van der Waals surface area contributed by atoms with E-state index in [4.69, 9.17) is 11.6 Å². The molecule has 1 fully saturated rings. The van der Waals surface area contributed by atoms with Gasteiger partial charge in [0, 0.05) is 29.3 Å². The maximum Gasteiger partial charge on any atom is 0.0407 e. The monoisotopic (exact) mass is 238 g/mol. The SMILES string of the molecule is CNC1(C)CCCN(c2ccc(Cl)cc2)C1. The van der Waals surface area contributed by atoms with Gasteiger partial charge in [0.05, 0.1) is 0 Å². The molecule has 1 N–H and O–H groups in total. The summed E-state index contributed by atoms with van der Waals surface area (Å²) in [6.45, 7) is 4.49. The molecule has 1 aliphatic heterocycles. The molecule has 3 heteroatoms. The molecule has 1 saturated heterocycles. The Kier molecular flexibility index (Phi) is 3.41. The van der Waals surface area contributed by atoms with Crippen molar-refractivity contribution in [2.24, 2.45) is 0 Å². The molecular weight excluding hydrogens is 220 g/mol. The Morgan fingerprint density at radius 3 is 2.62 bits per heavy atom. The Morgan fingerprint density at radius 2 is 2.00 bits per heavy atom. The average Bonchev–Trinajstić information content (AvgIpc) is 2.30. The quantitative estimate of drug-likeness (QED) is 0.853. The lowest BCUT2D eigenvalue weighted by Crippen LogP contribution is -2.53. The first kappa shape index (κ1) is 11.7. The van der Waals surface area contributed by atoms with Crippen LogP contribution in [0, 0.1) is 0 Å². The molecule has 1 atom stereocenters. The van der Waals surface area contributed by atoms with Crippen molar-refractivity contribution in [1.82, 2.24) is 5.32 Å². The fourth-order valence-electron chi connectivity index (χ4n) is 2.32. The predicted octanol–water partition coefficient (Wildman–Crippen LogP) is 2.92. The highest BCUT2D eigenvalue weighted by molar-refractivity contribution is 6.30. The minimum Gasteiger partial charge on any atom is -0.370 e. The zero-order valence-corrected chi connectivity index (χ0v) is 10.7. The largest absolute Gasteiger partial charge is 0.370 e. The number of rotatable bonds is 2. The number of anilines is 1. The second kappa shape index (κ2) is 4.64. The normalized spacial score (nSPS) is 25.8. The molecule has 2 rings (SSSR count). The fourth-order valence-corrected chi connectivity index (χ4v) is 2.44.